The highest BCUT2D eigenvalue weighted by atomic mass is 32.2. The van der Waals surface area contributed by atoms with Crippen LogP contribution in [0.5, 0.6) is 0 Å². The zero-order valence-electron chi connectivity index (χ0n) is 18.4. The van der Waals surface area contributed by atoms with Gasteiger partial charge in [0, 0.05) is 32.7 Å². The molecule has 0 spiro atoms. The van der Waals surface area contributed by atoms with E-state index in [2.05, 4.69) is 10.2 Å². The summed E-state index contributed by atoms with van der Waals surface area (Å²) in [7, 11) is -3.61. The standard InChI is InChI=1S/C22H35N3O4S/c1-17-14-18(2)21(19(3)15-17)30(27,28)25-9-4-6-20(16-25)22(26)23-7-5-8-24-10-12-29-13-11-24/h14-15,20H,4-13,16H2,1-3H3,(H,23,26)/t20-/m0/s1. The molecule has 1 aromatic carbocycles. The monoisotopic (exact) mass is 437 g/mol. The van der Waals surface area contributed by atoms with Crippen molar-refractivity contribution in [3.63, 3.8) is 0 Å². The molecule has 1 amide bonds. The third-order valence-corrected chi connectivity index (χ3v) is 8.18. The lowest BCUT2D eigenvalue weighted by Crippen LogP contribution is -2.46. The number of amides is 1. The first kappa shape index (κ1) is 23.2. The van der Waals surface area contributed by atoms with Gasteiger partial charge in [-0.1, -0.05) is 17.7 Å². The van der Waals surface area contributed by atoms with E-state index in [1.807, 2.05) is 32.9 Å². The van der Waals surface area contributed by atoms with E-state index >= 15 is 0 Å². The molecule has 1 aromatic rings. The molecule has 168 valence electrons. The molecule has 8 heteroatoms. The van der Waals surface area contributed by atoms with Crippen molar-refractivity contribution < 1.29 is 17.9 Å². The van der Waals surface area contributed by atoms with Crippen molar-refractivity contribution in [1.29, 1.82) is 0 Å². The lowest BCUT2D eigenvalue weighted by molar-refractivity contribution is -0.126. The first-order valence-electron chi connectivity index (χ1n) is 10.9. The Bertz CT molecular complexity index is 827. The van der Waals surface area contributed by atoms with Gasteiger partial charge in [0.05, 0.1) is 24.0 Å². The lowest BCUT2D eigenvalue weighted by atomic mass is 9.99. The molecular formula is C22H35N3O4S. The van der Waals surface area contributed by atoms with Crippen molar-refractivity contribution in [2.75, 3.05) is 52.5 Å². The van der Waals surface area contributed by atoms with Gasteiger partial charge < -0.3 is 10.1 Å². The number of sulfonamides is 1. The fourth-order valence-corrected chi connectivity index (χ4v) is 6.50. The Morgan fingerprint density at radius 2 is 1.80 bits per heavy atom. The molecule has 2 fully saturated rings. The molecule has 0 radical (unpaired) electrons. The number of rotatable bonds is 7. The quantitative estimate of drug-likeness (QED) is 0.659. The largest absolute Gasteiger partial charge is 0.379 e. The summed E-state index contributed by atoms with van der Waals surface area (Å²) in [6.45, 7) is 11.4. The van der Waals surface area contributed by atoms with Crippen molar-refractivity contribution >= 4 is 15.9 Å². The van der Waals surface area contributed by atoms with Crippen LogP contribution in [0.25, 0.3) is 0 Å². The van der Waals surface area contributed by atoms with Crippen molar-refractivity contribution in [2.45, 2.75) is 44.9 Å². The minimum absolute atomic E-state index is 0.0331. The molecule has 0 saturated carbocycles. The first-order valence-corrected chi connectivity index (χ1v) is 12.4. The Balaban J connectivity index is 1.56. The predicted octanol–water partition coefficient (Wildman–Crippen LogP) is 1.85. The van der Waals surface area contributed by atoms with E-state index in [-0.39, 0.29) is 18.4 Å². The van der Waals surface area contributed by atoms with Crippen LogP contribution in [0.1, 0.15) is 36.0 Å². The zero-order chi connectivity index (χ0) is 21.7. The fourth-order valence-electron chi connectivity index (χ4n) is 4.56. The average Bonchev–Trinajstić information content (AvgIpc) is 2.71. The van der Waals surface area contributed by atoms with Crippen LogP contribution < -0.4 is 5.32 Å². The topological polar surface area (TPSA) is 79.0 Å². The first-order chi connectivity index (χ1) is 14.3. The Morgan fingerprint density at radius 1 is 1.13 bits per heavy atom. The third kappa shape index (κ3) is 5.60. The number of benzene rings is 1. The van der Waals surface area contributed by atoms with E-state index < -0.39 is 10.0 Å². The maximum absolute atomic E-state index is 13.3. The Hall–Kier alpha value is -1.48. The minimum Gasteiger partial charge on any atom is -0.379 e. The van der Waals surface area contributed by atoms with Crippen LogP contribution >= 0.6 is 0 Å². The molecule has 7 nitrogen and oxygen atoms in total. The van der Waals surface area contributed by atoms with Gasteiger partial charge in [-0.25, -0.2) is 8.42 Å². The summed E-state index contributed by atoms with van der Waals surface area (Å²) >= 11 is 0. The highest BCUT2D eigenvalue weighted by molar-refractivity contribution is 7.89. The van der Waals surface area contributed by atoms with Crippen molar-refractivity contribution in [1.82, 2.24) is 14.5 Å². The van der Waals surface area contributed by atoms with E-state index in [9.17, 15) is 13.2 Å². The molecule has 2 aliphatic heterocycles. The highest BCUT2D eigenvalue weighted by Gasteiger charge is 2.34. The van der Waals surface area contributed by atoms with Gasteiger partial charge in [-0.3, -0.25) is 9.69 Å². The van der Waals surface area contributed by atoms with Gasteiger partial charge >= 0.3 is 0 Å². The normalized spacial score (nSPS) is 21.5. The second kappa shape index (κ2) is 10.2. The number of nitrogens with zero attached hydrogens (tertiary/aromatic N) is 2. The molecule has 0 unspecified atom stereocenters. The fraction of sp³-hybridized carbons (Fsp3) is 0.682. The van der Waals surface area contributed by atoms with Crippen LogP contribution in [0.15, 0.2) is 17.0 Å². The van der Waals surface area contributed by atoms with Crippen molar-refractivity contribution in [2.24, 2.45) is 5.92 Å². The number of carbonyl (C=O) groups excluding carboxylic acids is 1. The van der Waals surface area contributed by atoms with Crippen LogP contribution in [0.2, 0.25) is 0 Å². The van der Waals surface area contributed by atoms with E-state index in [1.165, 1.54) is 4.31 Å². The van der Waals surface area contributed by atoms with E-state index in [0.29, 0.717) is 24.4 Å². The molecule has 0 aliphatic carbocycles. The number of piperidine rings is 1. The van der Waals surface area contributed by atoms with Crippen molar-refractivity contribution in [3.8, 4) is 0 Å². The van der Waals surface area contributed by atoms with Crippen LogP contribution in [0, 0.1) is 26.7 Å². The summed E-state index contributed by atoms with van der Waals surface area (Å²) < 4.78 is 33.5. The number of carbonyl (C=O) groups is 1. The van der Waals surface area contributed by atoms with Crippen LogP contribution in [-0.4, -0.2) is 76.0 Å². The summed E-state index contributed by atoms with van der Waals surface area (Å²) in [5.41, 5.74) is 2.58. The Labute approximate surface area is 180 Å². The minimum atomic E-state index is -3.61. The van der Waals surface area contributed by atoms with Gasteiger partial charge in [-0.15, -0.1) is 0 Å². The molecule has 2 saturated heterocycles. The lowest BCUT2D eigenvalue weighted by Gasteiger charge is -2.32. The number of nitrogens with one attached hydrogen (secondary N) is 1. The molecule has 30 heavy (non-hydrogen) atoms. The maximum atomic E-state index is 13.3. The SMILES string of the molecule is Cc1cc(C)c(S(=O)(=O)N2CCC[C@H](C(=O)NCCCN3CCOCC3)C2)c(C)c1. The van der Waals surface area contributed by atoms with Crippen LogP contribution in [0.3, 0.4) is 0 Å². The summed E-state index contributed by atoms with van der Waals surface area (Å²) in [4.78, 5) is 15.4. The number of hydrogen-bond acceptors (Lipinski definition) is 5. The summed E-state index contributed by atoms with van der Waals surface area (Å²) in [6, 6.07) is 3.81. The summed E-state index contributed by atoms with van der Waals surface area (Å²) in [5.74, 6) is -0.322. The molecule has 1 N–H and O–H groups in total. The molecule has 2 heterocycles. The number of ether oxygens (including phenoxy) is 1. The molecule has 0 bridgehead atoms. The second-order valence-electron chi connectivity index (χ2n) is 8.53. The van der Waals surface area contributed by atoms with Gasteiger partial charge in [0.2, 0.25) is 15.9 Å². The molecule has 0 aromatic heterocycles. The van der Waals surface area contributed by atoms with E-state index in [4.69, 9.17) is 4.74 Å². The van der Waals surface area contributed by atoms with Crippen LogP contribution in [-0.2, 0) is 19.6 Å². The number of morpholine rings is 1. The predicted molar refractivity (Wildman–Crippen MR) is 117 cm³/mol. The molecule has 2 aliphatic rings. The second-order valence-corrected chi connectivity index (χ2v) is 10.4. The highest BCUT2D eigenvalue weighted by Crippen LogP contribution is 2.28. The van der Waals surface area contributed by atoms with Gasteiger partial charge in [0.25, 0.3) is 0 Å². The zero-order valence-corrected chi connectivity index (χ0v) is 19.3. The van der Waals surface area contributed by atoms with Gasteiger partial charge in [-0.05, 0) is 57.7 Å². The van der Waals surface area contributed by atoms with Gasteiger partial charge in [-0.2, -0.15) is 4.31 Å². The smallest absolute Gasteiger partial charge is 0.243 e. The molecule has 1 atom stereocenters. The third-order valence-electron chi connectivity index (χ3n) is 6.01. The van der Waals surface area contributed by atoms with Gasteiger partial charge in [0.15, 0.2) is 0 Å². The van der Waals surface area contributed by atoms with Crippen molar-refractivity contribution in [3.05, 3.63) is 28.8 Å². The molecule has 3 rings (SSSR count). The number of hydrogen-bond donors (Lipinski definition) is 1. The summed E-state index contributed by atoms with van der Waals surface area (Å²) in [5, 5.41) is 3.02. The van der Waals surface area contributed by atoms with Gasteiger partial charge in [0.1, 0.15) is 0 Å². The van der Waals surface area contributed by atoms with E-state index in [1.54, 1.807) is 0 Å². The van der Waals surface area contributed by atoms with Crippen LogP contribution in [0.4, 0.5) is 0 Å². The summed E-state index contributed by atoms with van der Waals surface area (Å²) in [6.07, 6.45) is 2.32. The number of aryl methyl sites for hydroxylation is 3. The Kier molecular flexibility index (Phi) is 7.90. The average molecular weight is 438 g/mol. The Morgan fingerprint density at radius 3 is 2.47 bits per heavy atom. The van der Waals surface area contributed by atoms with E-state index in [0.717, 1.165) is 62.4 Å². The molecular weight excluding hydrogens is 402 g/mol. The maximum Gasteiger partial charge on any atom is 0.243 e.